The van der Waals surface area contributed by atoms with Crippen LogP contribution < -0.4 is 31.7 Å². The van der Waals surface area contributed by atoms with Crippen molar-refractivity contribution in [3.05, 3.63) is 75.8 Å². The van der Waals surface area contributed by atoms with Crippen molar-refractivity contribution in [1.82, 2.24) is 21.3 Å². The lowest BCUT2D eigenvalue weighted by Crippen LogP contribution is -2.35. The summed E-state index contributed by atoms with van der Waals surface area (Å²) >= 11 is 6.43. The third-order valence-electron chi connectivity index (χ3n) is 5.86. The smallest absolute Gasteiger partial charge is 0.416 e. The Morgan fingerprint density at radius 2 is 1.93 bits per heavy atom. The van der Waals surface area contributed by atoms with Crippen LogP contribution in [0.15, 0.2) is 75.2 Å². The highest BCUT2D eigenvalue weighted by atomic mass is 35.5. The van der Waals surface area contributed by atoms with Gasteiger partial charge in [0.2, 0.25) is 11.8 Å². The van der Waals surface area contributed by atoms with Gasteiger partial charge in [0.05, 0.1) is 16.9 Å². The van der Waals surface area contributed by atoms with E-state index in [-0.39, 0.29) is 35.2 Å². The highest BCUT2D eigenvalue weighted by Crippen LogP contribution is 2.33. The van der Waals surface area contributed by atoms with Crippen molar-refractivity contribution < 1.29 is 27.5 Å². The van der Waals surface area contributed by atoms with Gasteiger partial charge < -0.3 is 31.7 Å². The molecule has 1 aromatic carbocycles. The van der Waals surface area contributed by atoms with E-state index in [1.165, 1.54) is 19.1 Å². The van der Waals surface area contributed by atoms with Crippen LogP contribution in [0.25, 0.3) is 0 Å². The highest BCUT2D eigenvalue weighted by Gasteiger charge is 2.31. The lowest BCUT2D eigenvalue weighted by atomic mass is 10.0. The van der Waals surface area contributed by atoms with E-state index in [1.54, 1.807) is 25.4 Å². The fourth-order valence-electron chi connectivity index (χ4n) is 3.77. The summed E-state index contributed by atoms with van der Waals surface area (Å²) in [6, 6.07) is 4.30. The SMILES string of the molecule is CNCC/C(=C\C(=C\N=CN)C(C)NC1=CC(Cl)=C(Oc2cccc(C(F)(F)F)c2)CC1)C(=O)NCCNC(C)=O. The molecule has 1 unspecified atom stereocenters. The molecule has 41 heavy (non-hydrogen) atoms. The number of nitrogens with one attached hydrogen (secondary N) is 4. The van der Waals surface area contributed by atoms with E-state index in [9.17, 15) is 22.8 Å². The van der Waals surface area contributed by atoms with Crippen LogP contribution in [0, 0.1) is 0 Å². The predicted molar refractivity (Wildman–Crippen MR) is 154 cm³/mol. The van der Waals surface area contributed by atoms with Gasteiger partial charge in [-0.15, -0.1) is 0 Å². The number of alkyl halides is 3. The summed E-state index contributed by atoms with van der Waals surface area (Å²) < 4.78 is 44.8. The Hall–Kier alpha value is -3.77. The van der Waals surface area contributed by atoms with E-state index >= 15 is 0 Å². The predicted octanol–water partition coefficient (Wildman–Crippen LogP) is 3.85. The zero-order valence-electron chi connectivity index (χ0n) is 23.2. The van der Waals surface area contributed by atoms with Gasteiger partial charge in [-0.3, -0.25) is 9.59 Å². The molecular formula is C28H36ClF3N6O3. The fourth-order valence-corrected chi connectivity index (χ4v) is 4.03. The number of hydrogen-bond acceptors (Lipinski definition) is 6. The average molecular weight is 597 g/mol. The van der Waals surface area contributed by atoms with E-state index in [4.69, 9.17) is 22.1 Å². The van der Waals surface area contributed by atoms with Crippen LogP contribution in [-0.2, 0) is 15.8 Å². The van der Waals surface area contributed by atoms with E-state index in [0.717, 1.165) is 24.2 Å². The van der Waals surface area contributed by atoms with Crippen molar-refractivity contribution in [2.24, 2.45) is 10.7 Å². The van der Waals surface area contributed by atoms with Crippen molar-refractivity contribution in [2.45, 2.75) is 45.3 Å². The lowest BCUT2D eigenvalue weighted by molar-refractivity contribution is -0.137. The number of amides is 2. The standard InChI is InChI=1S/C28H36ClF3N6O3/c1-18(21(16-35-17-33)13-20(9-10-34-3)27(40)37-12-11-36-19(2)39)38-23-7-8-26(25(29)15-23)41-24-6-4-5-22(14-24)28(30,31)32/h4-6,13-18,34,38H,7-12H2,1-3H3,(H2,33,35)(H,36,39)(H,37,40)/b20-13+,21-16-. The van der Waals surface area contributed by atoms with Gasteiger partial charge in [-0.2, -0.15) is 13.2 Å². The van der Waals surface area contributed by atoms with Crippen molar-refractivity contribution in [2.75, 3.05) is 26.7 Å². The van der Waals surface area contributed by atoms with Gasteiger partial charge >= 0.3 is 6.18 Å². The van der Waals surface area contributed by atoms with Gasteiger partial charge in [0.15, 0.2) is 0 Å². The molecule has 1 atom stereocenters. The Labute approximate surface area is 242 Å². The Kier molecular flexibility index (Phi) is 13.4. The molecule has 6 N–H and O–H groups in total. The second-order valence-electron chi connectivity index (χ2n) is 9.12. The van der Waals surface area contributed by atoms with Gasteiger partial charge in [-0.1, -0.05) is 17.7 Å². The number of ether oxygens (including phenoxy) is 1. The average Bonchev–Trinajstić information content (AvgIpc) is 2.91. The third kappa shape index (κ3) is 11.7. The molecule has 2 amide bonds. The first-order chi connectivity index (χ1) is 19.4. The van der Waals surface area contributed by atoms with E-state index < -0.39 is 11.7 Å². The molecule has 0 aromatic heterocycles. The molecule has 0 bridgehead atoms. The molecule has 2 rings (SSSR count). The molecule has 0 saturated carbocycles. The number of nitrogens with two attached hydrogens (primary N) is 1. The number of allylic oxidation sites excluding steroid dienone is 4. The first kappa shape index (κ1) is 33.4. The molecular weight excluding hydrogens is 561 g/mol. The number of aliphatic imine (C=N–C) groups is 1. The molecule has 13 heteroatoms. The Morgan fingerprint density at radius 1 is 1.20 bits per heavy atom. The molecule has 0 radical (unpaired) electrons. The van der Waals surface area contributed by atoms with Crippen molar-refractivity contribution in [3.8, 4) is 5.75 Å². The number of carbonyl (C=O) groups is 2. The molecule has 0 saturated heterocycles. The number of halogens is 4. The largest absolute Gasteiger partial charge is 0.460 e. The molecule has 1 aromatic rings. The van der Waals surface area contributed by atoms with Crippen LogP contribution in [0.3, 0.4) is 0 Å². The number of hydrogen-bond donors (Lipinski definition) is 5. The van der Waals surface area contributed by atoms with Gasteiger partial charge in [-0.05, 0) is 69.3 Å². The van der Waals surface area contributed by atoms with Crippen molar-refractivity contribution in [3.63, 3.8) is 0 Å². The molecule has 9 nitrogen and oxygen atoms in total. The lowest BCUT2D eigenvalue weighted by Gasteiger charge is -2.23. The summed E-state index contributed by atoms with van der Waals surface area (Å²) in [5.74, 6) is -0.0561. The Bertz CT molecular complexity index is 1220. The first-order valence-corrected chi connectivity index (χ1v) is 13.3. The van der Waals surface area contributed by atoms with Crippen molar-refractivity contribution >= 4 is 29.8 Å². The maximum absolute atomic E-state index is 13.0. The minimum Gasteiger partial charge on any atom is -0.460 e. The zero-order valence-corrected chi connectivity index (χ0v) is 24.0. The number of rotatable bonds is 14. The second-order valence-corrected chi connectivity index (χ2v) is 9.53. The zero-order chi connectivity index (χ0) is 30.4. The molecule has 1 aliphatic rings. The Balaban J connectivity index is 2.19. The van der Waals surface area contributed by atoms with E-state index in [2.05, 4.69) is 26.3 Å². The van der Waals surface area contributed by atoms with Crippen LogP contribution in [-0.4, -0.2) is 50.9 Å². The monoisotopic (exact) mass is 596 g/mol. The van der Waals surface area contributed by atoms with Crippen LogP contribution >= 0.6 is 11.6 Å². The highest BCUT2D eigenvalue weighted by molar-refractivity contribution is 6.31. The third-order valence-corrected chi connectivity index (χ3v) is 6.18. The summed E-state index contributed by atoms with van der Waals surface area (Å²) in [6.07, 6.45) is 2.89. The minimum atomic E-state index is -4.48. The maximum atomic E-state index is 13.0. The van der Waals surface area contributed by atoms with Crippen LogP contribution in [0.4, 0.5) is 13.2 Å². The minimum absolute atomic E-state index is 0.0469. The van der Waals surface area contributed by atoms with Gasteiger partial charge in [0, 0.05) is 49.9 Å². The van der Waals surface area contributed by atoms with Gasteiger partial charge in [-0.25, -0.2) is 4.99 Å². The van der Waals surface area contributed by atoms with E-state index in [0.29, 0.717) is 49.3 Å². The summed E-state index contributed by atoms with van der Waals surface area (Å²) in [5, 5.41) is 12.1. The molecule has 1 aliphatic carbocycles. The molecule has 0 spiro atoms. The molecule has 0 aliphatic heterocycles. The van der Waals surface area contributed by atoms with Gasteiger partial charge in [0.1, 0.15) is 11.5 Å². The number of nitrogens with zero attached hydrogens (tertiary/aromatic N) is 1. The molecule has 224 valence electrons. The van der Waals surface area contributed by atoms with Crippen molar-refractivity contribution in [1.29, 1.82) is 0 Å². The van der Waals surface area contributed by atoms with Gasteiger partial charge in [0.25, 0.3) is 0 Å². The normalized spacial score (nSPS) is 15.4. The van der Waals surface area contributed by atoms with Crippen LogP contribution in [0.2, 0.25) is 0 Å². The fraction of sp³-hybridized carbons (Fsp3) is 0.393. The maximum Gasteiger partial charge on any atom is 0.416 e. The second kappa shape index (κ2) is 16.5. The van der Waals surface area contributed by atoms with E-state index in [1.807, 2.05) is 6.92 Å². The van der Waals surface area contributed by atoms with Crippen LogP contribution in [0.5, 0.6) is 5.75 Å². The summed E-state index contributed by atoms with van der Waals surface area (Å²) in [4.78, 5) is 28.0. The summed E-state index contributed by atoms with van der Waals surface area (Å²) in [5.41, 5.74) is 6.59. The molecule has 0 fully saturated rings. The number of benzene rings is 1. The summed E-state index contributed by atoms with van der Waals surface area (Å²) in [6.45, 7) is 4.41. The number of carbonyl (C=O) groups excluding carboxylic acids is 2. The topological polar surface area (TPSA) is 130 Å². The van der Waals surface area contributed by atoms with Crippen LogP contribution in [0.1, 0.15) is 38.7 Å². The molecule has 0 heterocycles. The Morgan fingerprint density at radius 3 is 2.56 bits per heavy atom. The quantitative estimate of drug-likeness (QED) is 0.0729. The summed E-state index contributed by atoms with van der Waals surface area (Å²) in [7, 11) is 1.78. The first-order valence-electron chi connectivity index (χ1n) is 13.0.